The first-order valence-corrected chi connectivity index (χ1v) is 8.38. The van der Waals surface area contributed by atoms with Crippen molar-refractivity contribution in [1.29, 1.82) is 0 Å². The lowest BCUT2D eigenvalue weighted by Crippen LogP contribution is -2.27. The van der Waals surface area contributed by atoms with Gasteiger partial charge >= 0.3 is 6.03 Å². The average molecular weight is 333 g/mol. The average Bonchev–Trinajstić information content (AvgIpc) is 3.15. The van der Waals surface area contributed by atoms with Crippen LogP contribution in [0.2, 0.25) is 0 Å². The maximum absolute atomic E-state index is 11.9. The van der Waals surface area contributed by atoms with Gasteiger partial charge in [0, 0.05) is 4.88 Å². The Morgan fingerprint density at radius 3 is 2.95 bits per heavy atom. The number of urea groups is 1. The highest BCUT2D eigenvalue weighted by atomic mass is 32.1. The number of hydrogen-bond acceptors (Lipinski definition) is 5. The first-order valence-electron chi connectivity index (χ1n) is 6.68. The van der Waals surface area contributed by atoms with Crippen molar-refractivity contribution in [1.82, 2.24) is 10.3 Å². The predicted molar refractivity (Wildman–Crippen MR) is 91.1 cm³/mol. The number of aromatic nitrogens is 1. The van der Waals surface area contributed by atoms with Gasteiger partial charge in [-0.05, 0) is 30.0 Å². The first kappa shape index (κ1) is 14.8. The number of amides is 2. The minimum absolute atomic E-state index is 0.260. The van der Waals surface area contributed by atoms with E-state index in [2.05, 4.69) is 15.6 Å². The van der Waals surface area contributed by atoms with Gasteiger partial charge in [-0.2, -0.15) is 0 Å². The molecule has 7 heteroatoms. The Bertz CT molecular complexity index is 797. The molecule has 3 aromatic rings. The van der Waals surface area contributed by atoms with Crippen molar-refractivity contribution in [2.24, 2.45) is 0 Å². The third-order valence-electron chi connectivity index (χ3n) is 3.15. The van der Waals surface area contributed by atoms with E-state index in [0.29, 0.717) is 17.4 Å². The summed E-state index contributed by atoms with van der Waals surface area (Å²) in [6.45, 7) is 2.53. The fourth-order valence-corrected chi connectivity index (χ4v) is 3.64. The Morgan fingerprint density at radius 2 is 2.23 bits per heavy atom. The van der Waals surface area contributed by atoms with Crippen LogP contribution in [0, 0.1) is 6.92 Å². The summed E-state index contributed by atoms with van der Waals surface area (Å²) in [5, 5.41) is 8.14. The lowest BCUT2D eigenvalue weighted by Gasteiger charge is -2.03. The second-order valence-corrected chi connectivity index (χ2v) is 6.70. The number of rotatable bonds is 4. The Balaban J connectivity index is 1.73. The molecule has 0 radical (unpaired) electrons. The largest absolute Gasteiger partial charge is 0.494 e. The topological polar surface area (TPSA) is 63.2 Å². The molecule has 5 nitrogen and oxygen atoms in total. The number of carbonyl (C=O) groups excluding carboxylic acids is 1. The number of anilines is 1. The lowest BCUT2D eigenvalue weighted by molar-refractivity contribution is 0.252. The SMILES string of the molecule is COc1ccc(C)c2sc(NC(=O)NCc3cccs3)nc12. The highest BCUT2D eigenvalue weighted by Crippen LogP contribution is 2.34. The molecule has 0 saturated heterocycles. The van der Waals surface area contributed by atoms with E-state index in [9.17, 15) is 4.79 Å². The van der Waals surface area contributed by atoms with Crippen molar-refractivity contribution < 1.29 is 9.53 Å². The summed E-state index contributed by atoms with van der Waals surface area (Å²) in [5.74, 6) is 0.712. The number of thiazole rings is 1. The minimum atomic E-state index is -0.260. The quantitative estimate of drug-likeness (QED) is 0.758. The minimum Gasteiger partial charge on any atom is -0.494 e. The van der Waals surface area contributed by atoms with Crippen molar-refractivity contribution >= 4 is 44.1 Å². The van der Waals surface area contributed by atoms with Crippen LogP contribution < -0.4 is 15.4 Å². The van der Waals surface area contributed by atoms with Gasteiger partial charge < -0.3 is 10.1 Å². The highest BCUT2D eigenvalue weighted by Gasteiger charge is 2.12. The summed E-state index contributed by atoms with van der Waals surface area (Å²) in [7, 11) is 1.62. The van der Waals surface area contributed by atoms with E-state index >= 15 is 0 Å². The lowest BCUT2D eigenvalue weighted by atomic mass is 10.2. The smallest absolute Gasteiger partial charge is 0.321 e. The van der Waals surface area contributed by atoms with Crippen molar-refractivity contribution in [3.63, 3.8) is 0 Å². The molecule has 1 aromatic carbocycles. The van der Waals surface area contributed by atoms with E-state index in [1.807, 2.05) is 36.6 Å². The number of fused-ring (bicyclic) bond motifs is 1. The van der Waals surface area contributed by atoms with E-state index in [0.717, 1.165) is 20.7 Å². The second-order valence-electron chi connectivity index (χ2n) is 4.67. The fraction of sp³-hybridized carbons (Fsp3) is 0.200. The van der Waals surface area contributed by atoms with Crippen molar-refractivity contribution in [3.05, 3.63) is 40.1 Å². The molecule has 2 N–H and O–H groups in total. The maximum atomic E-state index is 11.9. The highest BCUT2D eigenvalue weighted by molar-refractivity contribution is 7.22. The van der Waals surface area contributed by atoms with Gasteiger partial charge in [0.2, 0.25) is 0 Å². The summed E-state index contributed by atoms with van der Waals surface area (Å²) >= 11 is 3.05. The molecule has 3 rings (SSSR count). The first-order chi connectivity index (χ1) is 10.7. The Labute approximate surface area is 136 Å². The van der Waals surface area contributed by atoms with Gasteiger partial charge in [-0.3, -0.25) is 5.32 Å². The number of ether oxygens (including phenoxy) is 1. The van der Waals surface area contributed by atoms with Gasteiger partial charge in [-0.15, -0.1) is 11.3 Å². The molecule has 0 unspecified atom stereocenters. The third kappa shape index (κ3) is 3.05. The number of aryl methyl sites for hydroxylation is 1. The van der Waals surface area contributed by atoms with E-state index in [1.165, 1.54) is 11.3 Å². The molecule has 0 bridgehead atoms. The van der Waals surface area contributed by atoms with E-state index in [-0.39, 0.29) is 6.03 Å². The molecule has 114 valence electrons. The van der Waals surface area contributed by atoms with Crippen LogP contribution in [0.1, 0.15) is 10.4 Å². The number of nitrogens with one attached hydrogen (secondary N) is 2. The monoisotopic (exact) mass is 333 g/mol. The van der Waals surface area contributed by atoms with Crippen molar-refractivity contribution in [3.8, 4) is 5.75 Å². The Hall–Kier alpha value is -2.12. The molecular weight excluding hydrogens is 318 g/mol. The predicted octanol–water partition coefficient (Wildman–Crippen LogP) is 4.00. The van der Waals surface area contributed by atoms with Crippen LogP contribution in [0.15, 0.2) is 29.6 Å². The summed E-state index contributed by atoms with van der Waals surface area (Å²) in [6, 6.07) is 7.56. The van der Waals surface area contributed by atoms with Crippen LogP contribution in [0.25, 0.3) is 10.2 Å². The number of thiophene rings is 1. The molecule has 22 heavy (non-hydrogen) atoms. The van der Waals surface area contributed by atoms with Gasteiger partial charge in [0.1, 0.15) is 11.3 Å². The van der Waals surface area contributed by atoms with E-state index < -0.39 is 0 Å². The molecular formula is C15H15N3O2S2. The zero-order valence-corrected chi connectivity index (χ0v) is 13.8. The Kier molecular flexibility index (Phi) is 4.26. The molecule has 0 spiro atoms. The zero-order chi connectivity index (χ0) is 15.5. The zero-order valence-electron chi connectivity index (χ0n) is 12.2. The summed E-state index contributed by atoms with van der Waals surface area (Å²) in [6.07, 6.45) is 0. The van der Waals surface area contributed by atoms with Crippen molar-refractivity contribution in [2.75, 3.05) is 12.4 Å². The Morgan fingerprint density at radius 1 is 1.36 bits per heavy atom. The van der Waals surface area contributed by atoms with Gasteiger partial charge in [0.15, 0.2) is 5.13 Å². The molecule has 2 aromatic heterocycles. The number of nitrogens with zero attached hydrogens (tertiary/aromatic N) is 1. The van der Waals surface area contributed by atoms with Crippen molar-refractivity contribution in [2.45, 2.75) is 13.5 Å². The van der Waals surface area contributed by atoms with E-state index in [1.54, 1.807) is 18.4 Å². The van der Waals surface area contributed by atoms with Gasteiger partial charge in [-0.1, -0.05) is 23.5 Å². The van der Waals surface area contributed by atoms with Crippen LogP contribution in [-0.2, 0) is 6.54 Å². The summed E-state index contributed by atoms with van der Waals surface area (Å²) in [4.78, 5) is 17.5. The normalized spacial score (nSPS) is 10.6. The molecule has 2 heterocycles. The van der Waals surface area contributed by atoms with Crippen LogP contribution in [-0.4, -0.2) is 18.1 Å². The standard InChI is InChI=1S/C15H15N3O2S2/c1-9-5-6-11(20-2)12-13(9)22-15(17-12)18-14(19)16-8-10-4-3-7-21-10/h3-7H,8H2,1-2H3,(H2,16,17,18,19). The van der Waals surface area contributed by atoms with Crippen LogP contribution in [0.4, 0.5) is 9.93 Å². The number of carbonyl (C=O) groups is 1. The molecule has 0 aliphatic carbocycles. The summed E-state index contributed by atoms with van der Waals surface area (Å²) < 4.78 is 6.34. The molecule has 0 aliphatic rings. The van der Waals surface area contributed by atoms with Gasteiger partial charge in [0.05, 0.1) is 18.4 Å². The number of benzene rings is 1. The summed E-state index contributed by atoms with van der Waals surface area (Å²) in [5.41, 5.74) is 1.89. The van der Waals surface area contributed by atoms with Gasteiger partial charge in [-0.25, -0.2) is 9.78 Å². The van der Waals surface area contributed by atoms with Gasteiger partial charge in [0.25, 0.3) is 0 Å². The number of hydrogen-bond donors (Lipinski definition) is 2. The maximum Gasteiger partial charge on any atom is 0.321 e. The number of methoxy groups -OCH3 is 1. The van der Waals surface area contributed by atoms with Crippen LogP contribution >= 0.6 is 22.7 Å². The van der Waals surface area contributed by atoms with E-state index in [4.69, 9.17) is 4.74 Å². The fourth-order valence-electron chi connectivity index (χ4n) is 2.05. The van der Waals surface area contributed by atoms with Crippen LogP contribution in [0.5, 0.6) is 5.75 Å². The molecule has 0 atom stereocenters. The second kappa shape index (κ2) is 6.33. The molecule has 0 saturated carbocycles. The van der Waals surface area contributed by atoms with Crippen LogP contribution in [0.3, 0.4) is 0 Å². The molecule has 2 amide bonds. The third-order valence-corrected chi connectivity index (χ3v) is 5.13. The molecule has 0 fully saturated rings. The molecule has 0 aliphatic heterocycles.